The molecule has 0 atom stereocenters. The molecule has 0 fully saturated rings. The van der Waals surface area contributed by atoms with E-state index in [2.05, 4.69) is 29.6 Å². The summed E-state index contributed by atoms with van der Waals surface area (Å²) in [5.74, 6) is -0.137. The van der Waals surface area contributed by atoms with Gasteiger partial charge in [-0.2, -0.15) is 0 Å². The van der Waals surface area contributed by atoms with E-state index < -0.39 is 6.09 Å². The maximum atomic E-state index is 12.2. The lowest BCUT2D eigenvalue weighted by atomic mass is 9.98. The Labute approximate surface area is 231 Å². The fraction of sp³-hybridized carbons (Fsp3) is 0.533. The van der Waals surface area contributed by atoms with Crippen molar-refractivity contribution in [3.63, 3.8) is 0 Å². The van der Waals surface area contributed by atoms with Gasteiger partial charge < -0.3 is 33.7 Å². The van der Waals surface area contributed by atoms with Gasteiger partial charge in [0.25, 0.3) is 0 Å². The van der Waals surface area contributed by atoms with Crippen LogP contribution in [0.2, 0.25) is 0 Å². The smallest absolute Gasteiger partial charge is 0.407 e. The van der Waals surface area contributed by atoms with Crippen molar-refractivity contribution in [1.82, 2.24) is 5.32 Å². The van der Waals surface area contributed by atoms with Crippen LogP contribution in [-0.2, 0) is 33.2 Å². The monoisotopic (exact) mass is 543 g/mol. The number of carbonyl (C=O) groups excluding carboxylic acids is 2. The van der Waals surface area contributed by atoms with Crippen molar-refractivity contribution in [3.8, 4) is 11.1 Å². The molecule has 0 aromatic heterocycles. The molecule has 2 aromatic carbocycles. The normalized spacial score (nSPS) is 12.1. The molecular formula is C30H41NO8. The average molecular weight is 544 g/mol. The van der Waals surface area contributed by atoms with E-state index in [0.717, 1.165) is 6.42 Å². The first-order chi connectivity index (χ1) is 19.2. The second-order valence-corrected chi connectivity index (χ2v) is 9.03. The Kier molecular flexibility index (Phi) is 14.4. The summed E-state index contributed by atoms with van der Waals surface area (Å²) in [4.78, 5) is 23.4. The van der Waals surface area contributed by atoms with Crippen molar-refractivity contribution in [2.75, 3.05) is 72.6 Å². The first-order valence-corrected chi connectivity index (χ1v) is 13.8. The van der Waals surface area contributed by atoms with Crippen molar-refractivity contribution < 1.29 is 38.0 Å². The van der Waals surface area contributed by atoms with Crippen LogP contribution in [0.25, 0.3) is 11.1 Å². The Morgan fingerprint density at radius 1 is 0.692 bits per heavy atom. The number of esters is 1. The predicted octanol–water partition coefficient (Wildman–Crippen LogP) is 4.32. The van der Waals surface area contributed by atoms with E-state index in [0.29, 0.717) is 78.8 Å². The van der Waals surface area contributed by atoms with Crippen molar-refractivity contribution in [2.24, 2.45) is 0 Å². The molecule has 214 valence electrons. The number of amides is 1. The number of hydrogen-bond acceptors (Lipinski definition) is 8. The van der Waals surface area contributed by atoms with Crippen LogP contribution in [-0.4, -0.2) is 84.7 Å². The first-order valence-electron chi connectivity index (χ1n) is 13.8. The molecule has 1 aliphatic carbocycles. The summed E-state index contributed by atoms with van der Waals surface area (Å²) in [7, 11) is 0. The van der Waals surface area contributed by atoms with Gasteiger partial charge in [-0.15, -0.1) is 0 Å². The maximum absolute atomic E-state index is 12.2. The average Bonchev–Trinajstić information content (AvgIpc) is 3.27. The number of rotatable bonds is 20. The summed E-state index contributed by atoms with van der Waals surface area (Å²) in [5.41, 5.74) is 4.81. The summed E-state index contributed by atoms with van der Waals surface area (Å²) in [6.07, 6.45) is 1.49. The number of benzene rings is 2. The van der Waals surface area contributed by atoms with Crippen LogP contribution in [0.3, 0.4) is 0 Å². The third-order valence-electron chi connectivity index (χ3n) is 6.14. The molecule has 0 radical (unpaired) electrons. The van der Waals surface area contributed by atoms with Crippen LogP contribution < -0.4 is 5.32 Å². The van der Waals surface area contributed by atoms with Crippen LogP contribution in [0.15, 0.2) is 48.5 Å². The van der Waals surface area contributed by atoms with Gasteiger partial charge in [0.05, 0.1) is 46.2 Å². The van der Waals surface area contributed by atoms with E-state index in [-0.39, 0.29) is 18.5 Å². The summed E-state index contributed by atoms with van der Waals surface area (Å²) in [6.45, 7) is 6.68. The van der Waals surface area contributed by atoms with Gasteiger partial charge in [-0.05, 0) is 35.1 Å². The molecule has 0 saturated carbocycles. The Morgan fingerprint density at radius 3 is 1.77 bits per heavy atom. The van der Waals surface area contributed by atoms with Gasteiger partial charge in [-0.1, -0.05) is 55.5 Å². The number of carbonyl (C=O) groups is 2. The first kappa shape index (κ1) is 30.6. The van der Waals surface area contributed by atoms with E-state index in [1.165, 1.54) is 22.3 Å². The third kappa shape index (κ3) is 11.0. The standard InChI is InChI=1S/C30H41NO8/c1-2-8-29(32)38-22-21-37-20-19-36-18-17-35-16-15-34-14-7-13-31-30(33)39-23-28-26-11-5-3-9-24(26)25-10-4-6-12-27(25)28/h3-6,9-12,28H,2,7-8,13-23H2,1H3,(H,31,33). The molecule has 3 rings (SSSR count). The minimum atomic E-state index is -0.416. The fourth-order valence-corrected chi connectivity index (χ4v) is 4.27. The molecule has 9 heteroatoms. The molecular weight excluding hydrogens is 502 g/mol. The second kappa shape index (κ2) is 18.3. The second-order valence-electron chi connectivity index (χ2n) is 9.03. The Balaban J connectivity index is 1.10. The topological polar surface area (TPSA) is 102 Å². The highest BCUT2D eigenvalue weighted by Gasteiger charge is 2.28. The third-order valence-corrected chi connectivity index (χ3v) is 6.14. The van der Waals surface area contributed by atoms with Crippen LogP contribution in [0.4, 0.5) is 4.79 Å². The van der Waals surface area contributed by atoms with Gasteiger partial charge in [-0.3, -0.25) is 4.79 Å². The zero-order chi connectivity index (χ0) is 27.5. The van der Waals surface area contributed by atoms with Crippen LogP contribution in [0.5, 0.6) is 0 Å². The minimum absolute atomic E-state index is 0.0542. The van der Waals surface area contributed by atoms with Crippen LogP contribution >= 0.6 is 0 Å². The molecule has 1 amide bonds. The van der Waals surface area contributed by atoms with Crippen molar-refractivity contribution >= 4 is 12.1 Å². The van der Waals surface area contributed by atoms with Gasteiger partial charge >= 0.3 is 12.1 Å². The zero-order valence-electron chi connectivity index (χ0n) is 22.9. The molecule has 1 N–H and O–H groups in total. The lowest BCUT2D eigenvalue weighted by Crippen LogP contribution is -2.27. The largest absolute Gasteiger partial charge is 0.463 e. The lowest BCUT2D eigenvalue weighted by Gasteiger charge is -2.14. The molecule has 0 saturated heterocycles. The molecule has 0 spiro atoms. The van der Waals surface area contributed by atoms with Gasteiger partial charge in [0, 0.05) is 25.5 Å². The van der Waals surface area contributed by atoms with Gasteiger partial charge in [0.1, 0.15) is 13.2 Å². The molecule has 2 aromatic rings. The Bertz CT molecular complexity index is 953. The van der Waals surface area contributed by atoms with Crippen molar-refractivity contribution in [1.29, 1.82) is 0 Å². The molecule has 1 aliphatic rings. The maximum Gasteiger partial charge on any atom is 0.407 e. The number of nitrogens with one attached hydrogen (secondary N) is 1. The Morgan fingerprint density at radius 2 is 1.21 bits per heavy atom. The van der Waals surface area contributed by atoms with Gasteiger partial charge in [-0.25, -0.2) is 4.79 Å². The quantitative estimate of drug-likeness (QED) is 0.195. The molecule has 0 unspecified atom stereocenters. The molecule has 39 heavy (non-hydrogen) atoms. The van der Waals surface area contributed by atoms with Crippen LogP contribution in [0.1, 0.15) is 43.2 Å². The summed E-state index contributed by atoms with van der Waals surface area (Å²) >= 11 is 0. The number of hydrogen-bond donors (Lipinski definition) is 1. The highest BCUT2D eigenvalue weighted by molar-refractivity contribution is 5.79. The number of alkyl carbamates (subject to hydrolysis) is 1. The zero-order valence-corrected chi connectivity index (χ0v) is 22.9. The SMILES string of the molecule is CCCC(=O)OCCOCCOCCOCCOCCCNC(=O)OCC1c2ccccc2-c2ccccc21. The van der Waals surface area contributed by atoms with Gasteiger partial charge in [0.2, 0.25) is 0 Å². The van der Waals surface area contributed by atoms with E-state index in [1.54, 1.807) is 0 Å². The van der Waals surface area contributed by atoms with E-state index in [9.17, 15) is 9.59 Å². The summed E-state index contributed by atoms with van der Waals surface area (Å²) in [6, 6.07) is 16.5. The summed E-state index contributed by atoms with van der Waals surface area (Å²) < 4.78 is 32.3. The molecule has 9 nitrogen and oxygen atoms in total. The number of ether oxygens (including phenoxy) is 6. The predicted molar refractivity (Wildman–Crippen MR) is 147 cm³/mol. The van der Waals surface area contributed by atoms with Crippen LogP contribution in [0, 0.1) is 0 Å². The number of fused-ring (bicyclic) bond motifs is 3. The minimum Gasteiger partial charge on any atom is -0.463 e. The van der Waals surface area contributed by atoms with Gasteiger partial charge in [0.15, 0.2) is 0 Å². The highest BCUT2D eigenvalue weighted by atomic mass is 16.6. The molecule has 0 aliphatic heterocycles. The van der Waals surface area contributed by atoms with E-state index in [4.69, 9.17) is 28.4 Å². The summed E-state index contributed by atoms with van der Waals surface area (Å²) in [5, 5.41) is 2.79. The Hall–Kier alpha value is -2.98. The van der Waals surface area contributed by atoms with Crippen molar-refractivity contribution in [3.05, 3.63) is 59.7 Å². The van der Waals surface area contributed by atoms with E-state index >= 15 is 0 Å². The fourth-order valence-electron chi connectivity index (χ4n) is 4.27. The molecule has 0 heterocycles. The van der Waals surface area contributed by atoms with E-state index in [1.807, 2.05) is 31.2 Å². The van der Waals surface area contributed by atoms with Crippen molar-refractivity contribution in [2.45, 2.75) is 32.1 Å². The highest BCUT2D eigenvalue weighted by Crippen LogP contribution is 2.44. The molecule has 0 bridgehead atoms. The lowest BCUT2D eigenvalue weighted by molar-refractivity contribution is -0.145.